The Bertz CT molecular complexity index is 524. The first-order valence-electron chi connectivity index (χ1n) is 5.19. The summed E-state index contributed by atoms with van der Waals surface area (Å²) in [6, 6.07) is 4.17. The van der Waals surface area contributed by atoms with Gasteiger partial charge in [0.1, 0.15) is 5.82 Å². The van der Waals surface area contributed by atoms with Crippen LogP contribution in [0.3, 0.4) is 0 Å². The van der Waals surface area contributed by atoms with E-state index in [9.17, 15) is 4.39 Å². The van der Waals surface area contributed by atoms with Gasteiger partial charge in [-0.05, 0) is 17.7 Å². The first kappa shape index (κ1) is 11.6. The highest BCUT2D eigenvalue weighted by Crippen LogP contribution is 2.24. The number of nitrogens with zero attached hydrogens (tertiary/aromatic N) is 2. The molecule has 0 bridgehead atoms. The van der Waals surface area contributed by atoms with Gasteiger partial charge in [-0.25, -0.2) is 9.37 Å². The van der Waals surface area contributed by atoms with Gasteiger partial charge in [0, 0.05) is 19.4 Å². The number of benzene rings is 1. The van der Waals surface area contributed by atoms with E-state index >= 15 is 0 Å². The Balaban J connectivity index is 2.38. The normalized spacial score (nSPS) is 12.5. The third kappa shape index (κ3) is 2.14. The Morgan fingerprint density at radius 3 is 2.82 bits per heavy atom. The van der Waals surface area contributed by atoms with E-state index in [1.807, 2.05) is 17.8 Å². The zero-order valence-electron chi connectivity index (χ0n) is 9.72. The van der Waals surface area contributed by atoms with Crippen LogP contribution in [0.4, 0.5) is 4.39 Å². The molecule has 1 unspecified atom stereocenters. The predicted molar refractivity (Wildman–Crippen MR) is 62.2 cm³/mol. The van der Waals surface area contributed by atoms with E-state index in [4.69, 9.17) is 10.5 Å². The number of methoxy groups -OCH3 is 1. The van der Waals surface area contributed by atoms with Crippen molar-refractivity contribution in [2.24, 2.45) is 12.8 Å². The van der Waals surface area contributed by atoms with Crippen LogP contribution in [0.2, 0.25) is 0 Å². The third-order valence-corrected chi connectivity index (χ3v) is 2.67. The Morgan fingerprint density at radius 1 is 1.47 bits per heavy atom. The fourth-order valence-corrected chi connectivity index (χ4v) is 1.70. The Hall–Kier alpha value is -1.88. The molecule has 5 heteroatoms. The molecule has 4 nitrogen and oxygen atoms in total. The van der Waals surface area contributed by atoms with Crippen molar-refractivity contribution in [2.45, 2.75) is 6.04 Å². The van der Waals surface area contributed by atoms with Crippen LogP contribution in [-0.2, 0) is 7.05 Å². The minimum atomic E-state index is -0.400. The lowest BCUT2D eigenvalue weighted by atomic mass is 10.1. The lowest BCUT2D eigenvalue weighted by molar-refractivity contribution is 0.385. The highest BCUT2D eigenvalue weighted by Gasteiger charge is 2.15. The van der Waals surface area contributed by atoms with Crippen molar-refractivity contribution < 1.29 is 9.13 Å². The molecule has 1 atom stereocenters. The largest absolute Gasteiger partial charge is 0.494 e. The van der Waals surface area contributed by atoms with Crippen molar-refractivity contribution in [1.82, 2.24) is 9.55 Å². The summed E-state index contributed by atoms with van der Waals surface area (Å²) in [6.45, 7) is 0. The van der Waals surface area contributed by atoms with Gasteiger partial charge in [-0.15, -0.1) is 0 Å². The maximum atomic E-state index is 13.3. The van der Waals surface area contributed by atoms with Crippen LogP contribution in [0.15, 0.2) is 30.6 Å². The maximum Gasteiger partial charge on any atom is 0.165 e. The van der Waals surface area contributed by atoms with Crippen molar-refractivity contribution in [1.29, 1.82) is 0 Å². The average Bonchev–Trinajstić information content (AvgIpc) is 2.75. The number of aromatic nitrogens is 2. The number of imidazole rings is 1. The zero-order chi connectivity index (χ0) is 12.4. The molecule has 1 aromatic carbocycles. The molecule has 1 aromatic heterocycles. The third-order valence-electron chi connectivity index (χ3n) is 2.67. The molecule has 0 radical (unpaired) electrons. The van der Waals surface area contributed by atoms with E-state index in [1.54, 1.807) is 18.3 Å². The smallest absolute Gasteiger partial charge is 0.165 e. The molecule has 0 amide bonds. The molecule has 90 valence electrons. The fourth-order valence-electron chi connectivity index (χ4n) is 1.70. The summed E-state index contributed by atoms with van der Waals surface area (Å²) in [4.78, 5) is 4.17. The predicted octanol–water partition coefficient (Wildman–Crippen LogP) is 1.62. The standard InChI is InChI=1S/C12H14FN3O/c1-16-6-5-15-12(16)11(14)8-3-4-9(13)10(7-8)17-2/h3-7,11H,14H2,1-2H3. The van der Waals surface area contributed by atoms with Crippen LogP contribution in [0.25, 0.3) is 0 Å². The fraction of sp³-hybridized carbons (Fsp3) is 0.250. The highest BCUT2D eigenvalue weighted by molar-refractivity contribution is 5.34. The van der Waals surface area contributed by atoms with Crippen LogP contribution in [0.1, 0.15) is 17.4 Å². The second kappa shape index (κ2) is 4.55. The van der Waals surface area contributed by atoms with E-state index in [1.165, 1.54) is 13.2 Å². The van der Waals surface area contributed by atoms with Crippen LogP contribution in [-0.4, -0.2) is 16.7 Å². The lowest BCUT2D eigenvalue weighted by Gasteiger charge is -2.13. The lowest BCUT2D eigenvalue weighted by Crippen LogP contribution is -2.16. The SMILES string of the molecule is COc1cc(C(N)c2nccn2C)ccc1F. The molecule has 0 aliphatic carbocycles. The second-order valence-electron chi connectivity index (χ2n) is 3.77. The van der Waals surface area contributed by atoms with Crippen LogP contribution in [0, 0.1) is 5.82 Å². The van der Waals surface area contributed by atoms with Gasteiger partial charge in [-0.1, -0.05) is 6.07 Å². The number of ether oxygens (including phenoxy) is 1. The molecule has 0 saturated heterocycles. The molecule has 0 saturated carbocycles. The van der Waals surface area contributed by atoms with Gasteiger partial charge >= 0.3 is 0 Å². The van der Waals surface area contributed by atoms with Crippen molar-refractivity contribution in [2.75, 3.05) is 7.11 Å². The van der Waals surface area contributed by atoms with Gasteiger partial charge in [0.2, 0.25) is 0 Å². The Kier molecular flexibility index (Phi) is 3.10. The number of aryl methyl sites for hydroxylation is 1. The van der Waals surface area contributed by atoms with E-state index < -0.39 is 11.9 Å². The van der Waals surface area contributed by atoms with Crippen LogP contribution >= 0.6 is 0 Å². The van der Waals surface area contributed by atoms with Gasteiger partial charge in [-0.2, -0.15) is 0 Å². The highest BCUT2D eigenvalue weighted by atomic mass is 19.1. The van der Waals surface area contributed by atoms with Crippen molar-refractivity contribution in [3.05, 3.63) is 47.8 Å². The molecule has 0 aliphatic rings. The molecule has 0 spiro atoms. The minimum absolute atomic E-state index is 0.187. The molecule has 0 fully saturated rings. The molecule has 2 N–H and O–H groups in total. The molecule has 2 aromatic rings. The first-order chi connectivity index (χ1) is 8.13. The van der Waals surface area contributed by atoms with Crippen LogP contribution < -0.4 is 10.5 Å². The molecular formula is C12H14FN3O. The zero-order valence-corrected chi connectivity index (χ0v) is 9.72. The van der Waals surface area contributed by atoms with Gasteiger partial charge in [0.25, 0.3) is 0 Å². The molecule has 17 heavy (non-hydrogen) atoms. The monoisotopic (exact) mass is 235 g/mol. The van der Waals surface area contributed by atoms with Gasteiger partial charge in [-0.3, -0.25) is 0 Å². The average molecular weight is 235 g/mol. The molecule has 1 heterocycles. The maximum absolute atomic E-state index is 13.3. The summed E-state index contributed by atoms with van der Waals surface area (Å²) < 4.78 is 20.0. The number of hydrogen-bond acceptors (Lipinski definition) is 3. The topological polar surface area (TPSA) is 53.1 Å². The van der Waals surface area contributed by atoms with Crippen molar-refractivity contribution in [3.8, 4) is 5.75 Å². The second-order valence-corrected chi connectivity index (χ2v) is 3.77. The number of rotatable bonds is 3. The Morgan fingerprint density at radius 2 is 2.24 bits per heavy atom. The summed E-state index contributed by atoms with van der Waals surface area (Å²) in [5.41, 5.74) is 6.84. The quantitative estimate of drug-likeness (QED) is 0.879. The van der Waals surface area contributed by atoms with E-state index in [0.29, 0.717) is 0 Å². The minimum Gasteiger partial charge on any atom is -0.494 e. The molecule has 0 aliphatic heterocycles. The first-order valence-corrected chi connectivity index (χ1v) is 5.19. The molecule has 2 rings (SSSR count). The van der Waals surface area contributed by atoms with Crippen LogP contribution in [0.5, 0.6) is 5.75 Å². The summed E-state index contributed by atoms with van der Waals surface area (Å²) in [7, 11) is 3.29. The molecular weight excluding hydrogens is 221 g/mol. The van der Waals surface area contributed by atoms with Gasteiger partial charge in [0.05, 0.1) is 13.2 Å². The number of hydrogen-bond donors (Lipinski definition) is 1. The summed E-state index contributed by atoms with van der Waals surface area (Å²) in [5, 5.41) is 0. The number of halogens is 1. The summed E-state index contributed by atoms with van der Waals surface area (Å²) in [5.74, 6) is 0.508. The van der Waals surface area contributed by atoms with Gasteiger partial charge in [0.15, 0.2) is 11.6 Å². The van der Waals surface area contributed by atoms with E-state index in [0.717, 1.165) is 11.4 Å². The van der Waals surface area contributed by atoms with E-state index in [2.05, 4.69) is 4.98 Å². The van der Waals surface area contributed by atoms with Gasteiger partial charge < -0.3 is 15.0 Å². The number of nitrogens with two attached hydrogens (primary N) is 1. The van der Waals surface area contributed by atoms with Crippen molar-refractivity contribution in [3.63, 3.8) is 0 Å². The van der Waals surface area contributed by atoms with E-state index in [-0.39, 0.29) is 5.75 Å². The summed E-state index contributed by atoms with van der Waals surface area (Å²) in [6.07, 6.45) is 3.49. The van der Waals surface area contributed by atoms with Crippen molar-refractivity contribution >= 4 is 0 Å². The summed E-state index contributed by atoms with van der Waals surface area (Å²) >= 11 is 0. The Labute approximate surface area is 98.8 Å².